The van der Waals surface area contributed by atoms with E-state index in [1.54, 1.807) is 11.3 Å². The Labute approximate surface area is 299 Å². The Balaban J connectivity index is 2.70. The van der Waals surface area contributed by atoms with Crippen LogP contribution in [0, 0.1) is 24.2 Å². The van der Waals surface area contributed by atoms with Gasteiger partial charge in [-0.1, -0.05) is 93.0 Å². The molecule has 5 atom stereocenters. The Hall–Kier alpha value is -1.66. The third kappa shape index (κ3) is 11.2. The van der Waals surface area contributed by atoms with E-state index in [0.29, 0.717) is 6.42 Å². The number of hydrogen-bond donors (Lipinski definition) is 0. The molecule has 6 nitrogen and oxygen atoms in total. The number of ketones is 1. The highest BCUT2D eigenvalue weighted by molar-refractivity contribution is 7.09. The molecule has 1 aliphatic heterocycles. The van der Waals surface area contributed by atoms with Gasteiger partial charge in [0.15, 0.2) is 16.6 Å². The SMILES string of the molecule is CC[Si](CC)(CC)O[C@H]1CC(=O)O[C@H](/C(C)=C/c2csc(C)n2)C/C=C(/C)C/C=C/[C@H](C)[C@H](O[Si](C)(C)C(C)(C)C)[C@@H](C)C(=O)C1(C)C. The number of Topliss-reactive ketones (excluding diaryl/α,β-unsaturated/α-hetero) is 1. The first-order valence-corrected chi connectivity index (χ1v) is 24.5. The molecule has 48 heavy (non-hydrogen) atoms. The summed E-state index contributed by atoms with van der Waals surface area (Å²) in [7, 11) is -4.43. The fraction of sp³-hybridized carbons (Fsp3) is 0.718. The van der Waals surface area contributed by atoms with Crippen molar-refractivity contribution in [3.05, 3.63) is 45.5 Å². The summed E-state index contributed by atoms with van der Waals surface area (Å²) in [5, 5.41) is 3.01. The van der Waals surface area contributed by atoms with E-state index < -0.39 is 40.2 Å². The first-order chi connectivity index (χ1) is 22.1. The lowest BCUT2D eigenvalue weighted by Crippen LogP contribution is -2.53. The molecule has 0 saturated carbocycles. The number of ether oxygens (including phenoxy) is 1. The van der Waals surface area contributed by atoms with E-state index in [1.165, 1.54) is 5.57 Å². The third-order valence-electron chi connectivity index (χ3n) is 11.1. The summed E-state index contributed by atoms with van der Waals surface area (Å²) in [5.74, 6) is -0.646. The minimum absolute atomic E-state index is 0.00524. The topological polar surface area (TPSA) is 74.7 Å². The first kappa shape index (κ1) is 42.5. The van der Waals surface area contributed by atoms with Gasteiger partial charge in [0.05, 0.1) is 29.3 Å². The van der Waals surface area contributed by atoms with Crippen LogP contribution in [0.5, 0.6) is 0 Å². The molecule has 0 bridgehead atoms. The van der Waals surface area contributed by atoms with E-state index in [0.717, 1.165) is 40.8 Å². The number of esters is 1. The summed E-state index contributed by atoms with van der Waals surface area (Å²) in [6.07, 6.45) is 8.62. The molecule has 0 aromatic carbocycles. The van der Waals surface area contributed by atoms with Gasteiger partial charge < -0.3 is 13.6 Å². The molecule has 2 rings (SSSR count). The second kappa shape index (κ2) is 17.5. The maximum absolute atomic E-state index is 14.8. The van der Waals surface area contributed by atoms with Crippen molar-refractivity contribution in [2.45, 2.75) is 164 Å². The minimum Gasteiger partial charge on any atom is -0.457 e. The molecule has 0 radical (unpaired) electrons. The van der Waals surface area contributed by atoms with Gasteiger partial charge in [-0.3, -0.25) is 9.59 Å². The monoisotopic (exact) mass is 717 g/mol. The summed E-state index contributed by atoms with van der Waals surface area (Å²) < 4.78 is 20.5. The molecule has 1 aromatic rings. The Bertz CT molecular complexity index is 1310. The molecule has 0 N–H and O–H groups in total. The zero-order valence-corrected chi connectivity index (χ0v) is 35.7. The van der Waals surface area contributed by atoms with Crippen LogP contribution in [0.1, 0.15) is 113 Å². The van der Waals surface area contributed by atoms with Crippen molar-refractivity contribution in [1.82, 2.24) is 4.98 Å². The van der Waals surface area contributed by atoms with Crippen molar-refractivity contribution in [2.24, 2.45) is 17.3 Å². The van der Waals surface area contributed by atoms with Gasteiger partial charge in [0, 0.05) is 23.1 Å². The van der Waals surface area contributed by atoms with Crippen LogP contribution >= 0.6 is 11.3 Å². The van der Waals surface area contributed by atoms with E-state index in [2.05, 4.69) is 91.7 Å². The van der Waals surface area contributed by atoms with Crippen molar-refractivity contribution in [3.8, 4) is 0 Å². The number of cyclic esters (lactones) is 1. The lowest BCUT2D eigenvalue weighted by Gasteiger charge is -2.45. The van der Waals surface area contributed by atoms with E-state index >= 15 is 0 Å². The summed E-state index contributed by atoms with van der Waals surface area (Å²) in [6, 6.07) is 2.77. The molecule has 0 unspecified atom stereocenters. The number of aromatic nitrogens is 1. The maximum atomic E-state index is 14.8. The molecule has 0 aliphatic carbocycles. The van der Waals surface area contributed by atoms with E-state index in [4.69, 9.17) is 13.6 Å². The van der Waals surface area contributed by atoms with Gasteiger partial charge in [-0.25, -0.2) is 4.98 Å². The summed E-state index contributed by atoms with van der Waals surface area (Å²) in [5.41, 5.74) is 2.06. The van der Waals surface area contributed by atoms with Crippen LogP contribution in [0.4, 0.5) is 0 Å². The van der Waals surface area contributed by atoms with Crippen LogP contribution < -0.4 is 0 Å². The zero-order chi connectivity index (χ0) is 36.7. The van der Waals surface area contributed by atoms with Crippen LogP contribution in [-0.4, -0.2) is 51.7 Å². The van der Waals surface area contributed by atoms with Crippen LogP contribution in [0.25, 0.3) is 6.08 Å². The van der Waals surface area contributed by atoms with Crippen molar-refractivity contribution in [2.75, 3.05) is 0 Å². The predicted molar refractivity (Wildman–Crippen MR) is 208 cm³/mol. The quantitative estimate of drug-likeness (QED) is 0.144. The average molecular weight is 718 g/mol. The lowest BCUT2D eigenvalue weighted by atomic mass is 9.73. The van der Waals surface area contributed by atoms with Gasteiger partial charge in [0.1, 0.15) is 11.9 Å². The van der Waals surface area contributed by atoms with Crippen LogP contribution in [0.2, 0.25) is 36.3 Å². The molecule has 2 heterocycles. The number of hydrogen-bond acceptors (Lipinski definition) is 7. The van der Waals surface area contributed by atoms with Gasteiger partial charge >= 0.3 is 5.97 Å². The molecule has 0 amide bonds. The van der Waals surface area contributed by atoms with Gasteiger partial charge in [0.2, 0.25) is 0 Å². The molecule has 0 spiro atoms. The number of carbonyl (C=O) groups is 2. The van der Waals surface area contributed by atoms with E-state index in [1.807, 2.05) is 46.1 Å². The normalized spacial score (nSPS) is 27.7. The Morgan fingerprint density at radius 3 is 2.21 bits per heavy atom. The predicted octanol–water partition coefficient (Wildman–Crippen LogP) is 11.1. The van der Waals surface area contributed by atoms with Gasteiger partial charge in [0.25, 0.3) is 0 Å². The molecule has 272 valence electrons. The van der Waals surface area contributed by atoms with E-state index in [9.17, 15) is 9.59 Å². The highest BCUT2D eigenvalue weighted by atomic mass is 32.1. The number of allylic oxidation sites excluding steroid dienone is 2. The first-order valence-electron chi connectivity index (χ1n) is 18.1. The molecular weight excluding hydrogens is 651 g/mol. The number of thiazole rings is 1. The number of rotatable bonds is 9. The van der Waals surface area contributed by atoms with Crippen LogP contribution in [0.15, 0.2) is 34.8 Å². The number of aryl methyl sites for hydroxylation is 1. The van der Waals surface area contributed by atoms with Crippen molar-refractivity contribution >= 4 is 45.8 Å². The molecule has 1 aliphatic rings. The number of carbonyl (C=O) groups excluding carboxylic acids is 2. The Kier molecular flexibility index (Phi) is 15.5. The van der Waals surface area contributed by atoms with Gasteiger partial charge in [-0.15, -0.1) is 11.3 Å². The van der Waals surface area contributed by atoms with Crippen molar-refractivity contribution < 1.29 is 23.2 Å². The molecular formula is C39H67NO5SSi2. The van der Waals surface area contributed by atoms with E-state index in [-0.39, 0.29) is 35.2 Å². The van der Waals surface area contributed by atoms with Crippen molar-refractivity contribution in [3.63, 3.8) is 0 Å². The average Bonchev–Trinajstić information content (AvgIpc) is 3.42. The second-order valence-corrected chi connectivity index (χ2v) is 26.7. The molecule has 0 saturated heterocycles. The highest BCUT2D eigenvalue weighted by Crippen LogP contribution is 2.42. The zero-order valence-electron chi connectivity index (χ0n) is 32.9. The molecule has 1 aromatic heterocycles. The second-order valence-electron chi connectivity index (χ2n) is 16.2. The largest absolute Gasteiger partial charge is 0.457 e. The standard InChI is InChI=1S/C39H67NO5SSi2/c1-16-48(17-2,18-3)44-34-25-35(41)43-33(29(6)24-32-26-46-31(8)40-32)23-22-27(4)20-19-21-28(5)36(30(7)37(42)39(34,12)13)45-47(14,15)38(9,10)11/h19,21-22,24,26,28,30,33-34,36H,16-18,20,23,25H2,1-15H3/b21-19+,27-22-,29-24+/t28-,30+,33-,34-,36-/m0/s1. The minimum atomic E-state index is -2.22. The smallest absolute Gasteiger partial charge is 0.309 e. The molecule has 9 heteroatoms. The maximum Gasteiger partial charge on any atom is 0.309 e. The fourth-order valence-corrected chi connectivity index (χ4v) is 11.3. The Morgan fingerprint density at radius 2 is 1.69 bits per heavy atom. The van der Waals surface area contributed by atoms with Crippen LogP contribution in [-0.2, 0) is 23.2 Å². The van der Waals surface area contributed by atoms with Gasteiger partial charge in [-0.05, 0) is 81.0 Å². The molecule has 0 fully saturated rings. The summed E-state index contributed by atoms with van der Waals surface area (Å²) in [4.78, 5) is 33.4. The highest BCUT2D eigenvalue weighted by Gasteiger charge is 2.49. The van der Waals surface area contributed by atoms with Crippen LogP contribution in [0.3, 0.4) is 0 Å². The summed E-state index contributed by atoms with van der Waals surface area (Å²) in [6.45, 7) is 32.0. The fourth-order valence-electron chi connectivity index (χ4n) is 6.25. The Morgan fingerprint density at radius 1 is 1.08 bits per heavy atom. The van der Waals surface area contributed by atoms with Crippen molar-refractivity contribution in [1.29, 1.82) is 0 Å². The number of nitrogens with zero attached hydrogens (tertiary/aromatic N) is 1. The van der Waals surface area contributed by atoms with Gasteiger partial charge in [-0.2, -0.15) is 0 Å². The lowest BCUT2D eigenvalue weighted by molar-refractivity contribution is -0.153. The third-order valence-corrected chi connectivity index (χ3v) is 21.0. The summed E-state index contributed by atoms with van der Waals surface area (Å²) >= 11 is 1.60.